The van der Waals surface area contributed by atoms with Crippen molar-refractivity contribution in [1.82, 2.24) is 14.9 Å². The van der Waals surface area contributed by atoms with Gasteiger partial charge in [0.25, 0.3) is 5.56 Å². The molecule has 16 heteroatoms. The summed E-state index contributed by atoms with van der Waals surface area (Å²) in [6.07, 6.45) is -0.670. The van der Waals surface area contributed by atoms with E-state index < -0.39 is 30.6 Å². The molecule has 286 valence electrons. The molecule has 5 aliphatic rings. The van der Waals surface area contributed by atoms with Crippen LogP contribution in [0.2, 0.25) is 0 Å². The number of benzene rings is 2. The summed E-state index contributed by atoms with van der Waals surface area (Å²) in [5.41, 5.74) is 5.66. The Morgan fingerprint density at radius 2 is 1.91 bits per heavy atom. The van der Waals surface area contributed by atoms with E-state index in [0.29, 0.717) is 64.0 Å². The van der Waals surface area contributed by atoms with E-state index in [2.05, 4.69) is 10.6 Å². The van der Waals surface area contributed by atoms with Gasteiger partial charge in [-0.2, -0.15) is 0 Å². The molecule has 3 N–H and O–H groups in total. The summed E-state index contributed by atoms with van der Waals surface area (Å²) in [7, 11) is 1.64. The third-order valence-electron chi connectivity index (χ3n) is 10.4. The van der Waals surface area contributed by atoms with Crippen LogP contribution in [0, 0.1) is 0 Å². The second-order valence-corrected chi connectivity index (χ2v) is 14.2. The molecular weight excluding hydrogens is 716 g/mol. The smallest absolute Gasteiger partial charge is 0.340 e. The van der Waals surface area contributed by atoms with E-state index in [1.807, 2.05) is 12.1 Å². The number of rotatable bonds is 12. The first-order valence-corrected chi connectivity index (χ1v) is 18.2. The van der Waals surface area contributed by atoms with Crippen LogP contribution in [-0.4, -0.2) is 78.5 Å². The van der Waals surface area contributed by atoms with Gasteiger partial charge in [-0.3, -0.25) is 9.59 Å². The number of ether oxygens (including phenoxy) is 7. The summed E-state index contributed by atoms with van der Waals surface area (Å²) in [5, 5.41) is 16.8. The van der Waals surface area contributed by atoms with Gasteiger partial charge in [0.05, 0.1) is 54.0 Å². The van der Waals surface area contributed by atoms with Gasteiger partial charge in [-0.15, -0.1) is 0 Å². The molecule has 0 radical (unpaired) electrons. The van der Waals surface area contributed by atoms with Crippen molar-refractivity contribution in [2.45, 2.75) is 76.0 Å². The largest absolute Gasteiger partial charge is 0.463 e. The summed E-state index contributed by atoms with van der Waals surface area (Å²) in [5.74, 6) is 0.968. The number of carbonyl (C=O) groups excluding carboxylic acids is 3. The fourth-order valence-corrected chi connectivity index (χ4v) is 7.73. The lowest BCUT2D eigenvalue weighted by molar-refractivity contribution is -0.175. The number of amides is 1. The molecule has 16 nitrogen and oxygen atoms in total. The number of aliphatic hydroxyl groups excluding tert-OH is 1. The van der Waals surface area contributed by atoms with E-state index in [4.69, 9.17) is 38.1 Å². The van der Waals surface area contributed by atoms with Crippen molar-refractivity contribution in [1.29, 1.82) is 0 Å². The number of aromatic nitrogens is 2. The first kappa shape index (κ1) is 35.3. The highest BCUT2D eigenvalue weighted by Gasteiger charge is 2.39. The molecule has 6 heterocycles. The predicted molar refractivity (Wildman–Crippen MR) is 192 cm³/mol. The molecule has 4 aliphatic heterocycles. The number of hydrogen-bond donors (Lipinski definition) is 3. The predicted octanol–water partition coefficient (Wildman–Crippen LogP) is 2.92. The molecular formula is C39H38N4O12. The van der Waals surface area contributed by atoms with Crippen molar-refractivity contribution in [3.63, 3.8) is 0 Å². The number of nitrogens with zero attached hydrogens (tertiary/aromatic N) is 2. The summed E-state index contributed by atoms with van der Waals surface area (Å²) in [6, 6.07) is 10.7. The number of carbonyl (C=O) groups is 3. The van der Waals surface area contributed by atoms with Gasteiger partial charge >= 0.3 is 5.97 Å². The fourth-order valence-electron chi connectivity index (χ4n) is 7.73. The van der Waals surface area contributed by atoms with E-state index in [-0.39, 0.29) is 63.4 Å². The number of likely N-dealkylation sites (N-methyl/N-ethyl adjacent to an activating group) is 1. The Balaban J connectivity index is 0.937. The van der Waals surface area contributed by atoms with E-state index in [0.717, 1.165) is 29.3 Å². The molecule has 9 rings (SSSR count). The molecule has 1 saturated heterocycles. The lowest BCUT2D eigenvalue weighted by Crippen LogP contribution is -2.39. The van der Waals surface area contributed by atoms with Gasteiger partial charge in [-0.05, 0) is 61.2 Å². The highest BCUT2D eigenvalue weighted by Crippen LogP contribution is 2.50. The van der Waals surface area contributed by atoms with E-state index in [1.54, 1.807) is 35.9 Å². The van der Waals surface area contributed by atoms with Crippen molar-refractivity contribution >= 4 is 34.8 Å². The number of cyclic esters (lactones) is 1. The molecule has 2 aromatic carbocycles. The summed E-state index contributed by atoms with van der Waals surface area (Å²) < 4.78 is 41.8. The van der Waals surface area contributed by atoms with Crippen molar-refractivity contribution in [3.8, 4) is 28.6 Å². The molecule has 1 saturated carbocycles. The third-order valence-corrected chi connectivity index (χ3v) is 10.4. The maximum atomic E-state index is 14.0. The van der Waals surface area contributed by atoms with E-state index in [1.165, 1.54) is 5.56 Å². The van der Waals surface area contributed by atoms with Crippen LogP contribution < -0.4 is 30.4 Å². The SMILES string of the molecule is CNCC(=O)Nc1cc(COCOC2C(=O)OCc3c2cc2n(c3=O)Cc3c-2nc2cc4c(cc2c3C2CC2)OCO4)ccc1OC1CC(O)CC(C=O)O1. The minimum absolute atomic E-state index is 0.0231. The number of nitrogens with one attached hydrogen (secondary N) is 2. The molecule has 2 fully saturated rings. The van der Waals surface area contributed by atoms with Gasteiger partial charge in [-0.1, -0.05) is 6.07 Å². The third kappa shape index (κ3) is 6.69. The van der Waals surface area contributed by atoms with Crippen LogP contribution in [0.15, 0.2) is 41.2 Å². The number of fused-ring (bicyclic) bond motifs is 6. The fraction of sp³-hybridized carbons (Fsp3) is 0.410. The lowest BCUT2D eigenvalue weighted by atomic mass is 9.96. The zero-order valence-corrected chi connectivity index (χ0v) is 29.8. The minimum Gasteiger partial charge on any atom is -0.463 e. The number of aldehydes is 1. The van der Waals surface area contributed by atoms with Gasteiger partial charge in [-0.25, -0.2) is 9.78 Å². The summed E-state index contributed by atoms with van der Waals surface area (Å²) in [4.78, 5) is 56.0. The monoisotopic (exact) mass is 754 g/mol. The van der Waals surface area contributed by atoms with Crippen LogP contribution in [0.3, 0.4) is 0 Å². The number of pyridine rings is 2. The Morgan fingerprint density at radius 1 is 1.07 bits per heavy atom. The second-order valence-electron chi connectivity index (χ2n) is 14.2. The Hall–Kier alpha value is -5.39. The standard InChI is InChI=1S/C39H38N4O12/c1-40-12-33(46)41-28-6-19(2-5-30(28)55-34-8-21(45)7-22(14-44)54-34)15-49-17-53-37-23-9-29-36-25(13-43(29)38(47)26(23)16-50-39(37)48)35(20-3-4-20)24-10-31-32(52-18-51-31)11-27(24)42-36/h2,5-6,9-11,14,20-22,34,37,40,45H,3-4,7-8,12-13,15-18H2,1H3,(H,41,46). The molecule has 1 amide bonds. The Labute approximate surface area is 313 Å². The van der Waals surface area contributed by atoms with Crippen molar-refractivity contribution in [3.05, 3.63) is 74.6 Å². The molecule has 4 atom stereocenters. The maximum Gasteiger partial charge on any atom is 0.340 e. The maximum absolute atomic E-state index is 14.0. The first-order chi connectivity index (χ1) is 26.8. The quantitative estimate of drug-likeness (QED) is 0.0728. The van der Waals surface area contributed by atoms with Crippen LogP contribution >= 0.6 is 0 Å². The van der Waals surface area contributed by atoms with Gasteiger partial charge in [0.15, 0.2) is 17.6 Å². The van der Waals surface area contributed by atoms with Crippen LogP contribution in [0.5, 0.6) is 17.2 Å². The van der Waals surface area contributed by atoms with Crippen LogP contribution in [0.1, 0.15) is 65.5 Å². The molecule has 0 bridgehead atoms. The van der Waals surface area contributed by atoms with Gasteiger partial charge in [0, 0.05) is 35.4 Å². The number of hydrogen-bond acceptors (Lipinski definition) is 14. The van der Waals surface area contributed by atoms with Crippen molar-refractivity contribution < 1.29 is 52.6 Å². The molecule has 55 heavy (non-hydrogen) atoms. The van der Waals surface area contributed by atoms with Crippen LogP contribution in [0.25, 0.3) is 22.3 Å². The molecule has 0 spiro atoms. The van der Waals surface area contributed by atoms with Gasteiger partial charge in [0.2, 0.25) is 19.0 Å². The number of aliphatic hydroxyl groups is 1. The zero-order valence-electron chi connectivity index (χ0n) is 29.8. The minimum atomic E-state index is -1.21. The highest BCUT2D eigenvalue weighted by atomic mass is 16.7. The molecule has 1 aliphatic carbocycles. The van der Waals surface area contributed by atoms with Gasteiger partial charge < -0.3 is 58.3 Å². The average molecular weight is 755 g/mol. The summed E-state index contributed by atoms with van der Waals surface area (Å²) >= 11 is 0. The van der Waals surface area contributed by atoms with Crippen molar-refractivity contribution in [2.24, 2.45) is 0 Å². The molecule has 4 aromatic rings. The van der Waals surface area contributed by atoms with E-state index >= 15 is 0 Å². The van der Waals surface area contributed by atoms with E-state index in [9.17, 15) is 24.3 Å². The van der Waals surface area contributed by atoms with Crippen LogP contribution in [-0.2, 0) is 53.1 Å². The Bertz CT molecular complexity index is 2290. The second kappa shape index (κ2) is 14.4. The van der Waals surface area contributed by atoms with Crippen molar-refractivity contribution in [2.75, 3.05) is 32.5 Å². The topological polar surface area (TPSA) is 195 Å². The molecule has 2 aromatic heterocycles. The lowest BCUT2D eigenvalue weighted by Gasteiger charge is -2.31. The normalized spacial score (nSPS) is 22.1. The van der Waals surface area contributed by atoms with Gasteiger partial charge in [0.1, 0.15) is 31.5 Å². The Kier molecular flexibility index (Phi) is 9.22. The average Bonchev–Trinajstić information content (AvgIpc) is 3.79. The summed E-state index contributed by atoms with van der Waals surface area (Å²) in [6.45, 7) is 0.0799. The highest BCUT2D eigenvalue weighted by molar-refractivity contribution is 5.94. The number of esters is 1. The Morgan fingerprint density at radius 3 is 2.71 bits per heavy atom. The first-order valence-electron chi connectivity index (χ1n) is 18.2. The molecule has 4 unspecified atom stereocenters. The zero-order chi connectivity index (χ0) is 37.8. The van der Waals surface area contributed by atoms with Crippen LogP contribution in [0.4, 0.5) is 5.69 Å². The number of anilines is 1.